The van der Waals surface area contributed by atoms with Gasteiger partial charge in [-0.05, 0) is 39.4 Å². The minimum Gasteiger partial charge on any atom is -0.459 e. The Kier molecular flexibility index (Phi) is 5.36. The minimum absolute atomic E-state index is 0.0777. The largest absolute Gasteiger partial charge is 0.459 e. The van der Waals surface area contributed by atoms with Gasteiger partial charge in [-0.25, -0.2) is 4.79 Å². The molecule has 2 aromatic rings. The van der Waals surface area contributed by atoms with Gasteiger partial charge in [0.15, 0.2) is 5.58 Å². The molecule has 0 radical (unpaired) electrons. The third-order valence-corrected chi connectivity index (χ3v) is 5.47. The van der Waals surface area contributed by atoms with Crippen molar-refractivity contribution in [1.82, 2.24) is 9.80 Å². The summed E-state index contributed by atoms with van der Waals surface area (Å²) in [5.74, 6) is 1.41. The van der Waals surface area contributed by atoms with E-state index in [-0.39, 0.29) is 6.03 Å². The number of benzene rings is 1. The number of hydrogen-bond donors (Lipinski definition) is 1. The quantitative estimate of drug-likeness (QED) is 0.899. The molecule has 1 aromatic carbocycles. The third kappa shape index (κ3) is 3.96. The maximum Gasteiger partial charge on any atom is 0.322 e. The molecule has 6 heteroatoms. The summed E-state index contributed by atoms with van der Waals surface area (Å²) in [4.78, 5) is 16.9. The fourth-order valence-corrected chi connectivity index (χ4v) is 4.27. The van der Waals surface area contributed by atoms with Gasteiger partial charge in [-0.3, -0.25) is 0 Å². The van der Waals surface area contributed by atoms with Gasteiger partial charge < -0.3 is 24.3 Å². The molecule has 6 nitrogen and oxygen atoms in total. The smallest absolute Gasteiger partial charge is 0.322 e. The van der Waals surface area contributed by atoms with Crippen LogP contribution in [-0.2, 0) is 17.6 Å². The van der Waals surface area contributed by atoms with E-state index in [2.05, 4.69) is 30.4 Å². The maximum absolute atomic E-state index is 12.9. The Morgan fingerprint density at radius 1 is 1.30 bits per heavy atom. The minimum atomic E-state index is -0.0777. The van der Waals surface area contributed by atoms with Crippen molar-refractivity contribution in [3.63, 3.8) is 0 Å². The summed E-state index contributed by atoms with van der Waals surface area (Å²) in [7, 11) is 4.10. The molecule has 0 spiro atoms. The van der Waals surface area contributed by atoms with Crippen molar-refractivity contribution >= 4 is 22.7 Å². The zero-order chi connectivity index (χ0) is 18.8. The van der Waals surface area contributed by atoms with Crippen LogP contribution in [0.25, 0.3) is 11.0 Å². The lowest BCUT2D eigenvalue weighted by molar-refractivity contribution is 0.112. The second-order valence-corrected chi connectivity index (χ2v) is 7.97. The number of hydrogen-bond acceptors (Lipinski definition) is 4. The molecule has 1 unspecified atom stereocenters. The number of carbonyl (C=O) groups excluding carboxylic acids is 1. The maximum atomic E-state index is 12.9. The van der Waals surface area contributed by atoms with Crippen LogP contribution in [0.2, 0.25) is 0 Å². The second-order valence-electron chi connectivity index (χ2n) is 7.97. The topological polar surface area (TPSA) is 58.0 Å². The molecule has 1 atom stereocenters. The van der Waals surface area contributed by atoms with Gasteiger partial charge in [0.1, 0.15) is 5.76 Å². The Bertz CT molecular complexity index is 814. The van der Waals surface area contributed by atoms with Crippen LogP contribution in [0.15, 0.2) is 22.6 Å². The van der Waals surface area contributed by atoms with Gasteiger partial charge in [0.2, 0.25) is 0 Å². The van der Waals surface area contributed by atoms with E-state index in [1.807, 2.05) is 17.0 Å². The van der Waals surface area contributed by atoms with Crippen LogP contribution in [0, 0.1) is 5.92 Å². The van der Waals surface area contributed by atoms with E-state index >= 15 is 0 Å². The zero-order valence-corrected chi connectivity index (χ0v) is 16.3. The predicted molar refractivity (Wildman–Crippen MR) is 106 cm³/mol. The average Bonchev–Trinajstić information content (AvgIpc) is 2.87. The molecule has 2 amide bonds. The lowest BCUT2D eigenvalue weighted by Crippen LogP contribution is -2.41. The first-order valence-corrected chi connectivity index (χ1v) is 9.93. The van der Waals surface area contributed by atoms with E-state index in [1.54, 1.807) is 0 Å². The summed E-state index contributed by atoms with van der Waals surface area (Å²) < 4.78 is 11.8. The molecular formula is C21H29N3O3. The van der Waals surface area contributed by atoms with E-state index in [1.165, 1.54) is 18.4 Å². The number of urea groups is 1. The molecule has 1 aromatic heterocycles. The number of para-hydroxylation sites is 1. The second kappa shape index (κ2) is 7.90. The number of ether oxygens (including phenoxy) is 1. The Labute approximate surface area is 160 Å². The third-order valence-electron chi connectivity index (χ3n) is 5.47. The van der Waals surface area contributed by atoms with Gasteiger partial charge in [0.25, 0.3) is 0 Å². The van der Waals surface area contributed by atoms with Crippen LogP contribution in [0.3, 0.4) is 0 Å². The number of furan rings is 1. The van der Waals surface area contributed by atoms with Gasteiger partial charge in [0, 0.05) is 42.9 Å². The molecule has 1 N–H and O–H groups in total. The highest BCUT2D eigenvalue weighted by molar-refractivity contribution is 6.00. The molecular weight excluding hydrogens is 342 g/mol. The summed E-state index contributed by atoms with van der Waals surface area (Å²) >= 11 is 0. The van der Waals surface area contributed by atoms with Crippen molar-refractivity contribution < 1.29 is 13.9 Å². The van der Waals surface area contributed by atoms with Crippen LogP contribution >= 0.6 is 0 Å². The number of aryl methyl sites for hydroxylation is 2. The lowest BCUT2D eigenvalue weighted by Gasteiger charge is -2.25. The Hall–Kier alpha value is -2.05. The first kappa shape index (κ1) is 18.3. The highest BCUT2D eigenvalue weighted by atomic mass is 16.5. The number of carbonyl (C=O) groups is 1. The molecule has 1 saturated heterocycles. The van der Waals surface area contributed by atoms with Crippen molar-refractivity contribution in [1.29, 1.82) is 0 Å². The summed E-state index contributed by atoms with van der Waals surface area (Å²) in [5, 5.41) is 4.24. The molecule has 1 aliphatic carbocycles. The van der Waals surface area contributed by atoms with Crippen molar-refractivity contribution in [3.8, 4) is 0 Å². The summed E-state index contributed by atoms with van der Waals surface area (Å²) in [6.45, 7) is 3.50. The van der Waals surface area contributed by atoms with Crippen molar-refractivity contribution in [2.75, 3.05) is 52.3 Å². The normalized spacial score (nSPS) is 20.6. The SMILES string of the molecule is CN(C)CC1COCCN(C(=O)Nc2cccc3c4c(oc23)CCCC4)C1. The van der Waals surface area contributed by atoms with Gasteiger partial charge in [0.05, 0.1) is 18.9 Å². The molecule has 0 saturated carbocycles. The Balaban J connectivity index is 1.53. The fourth-order valence-electron chi connectivity index (χ4n) is 4.27. The fraction of sp³-hybridized carbons (Fsp3) is 0.571. The molecule has 2 heterocycles. The van der Waals surface area contributed by atoms with Crippen molar-refractivity contribution in [2.24, 2.45) is 5.92 Å². The van der Waals surface area contributed by atoms with Gasteiger partial charge >= 0.3 is 6.03 Å². The van der Waals surface area contributed by atoms with E-state index in [4.69, 9.17) is 9.15 Å². The summed E-state index contributed by atoms with van der Waals surface area (Å²) in [6, 6.07) is 5.96. The number of fused-ring (bicyclic) bond motifs is 3. The molecule has 2 aliphatic rings. The highest BCUT2D eigenvalue weighted by Gasteiger charge is 2.25. The van der Waals surface area contributed by atoms with E-state index in [9.17, 15) is 4.79 Å². The summed E-state index contributed by atoms with van der Waals surface area (Å²) in [6.07, 6.45) is 4.44. The molecule has 1 fully saturated rings. The van der Waals surface area contributed by atoms with Crippen LogP contribution in [-0.4, -0.2) is 62.8 Å². The number of nitrogens with one attached hydrogen (secondary N) is 1. The number of nitrogens with zero attached hydrogens (tertiary/aromatic N) is 2. The summed E-state index contributed by atoms with van der Waals surface area (Å²) in [5.41, 5.74) is 2.90. The zero-order valence-electron chi connectivity index (χ0n) is 16.3. The number of rotatable bonds is 3. The molecule has 1 aliphatic heterocycles. The Morgan fingerprint density at radius 2 is 2.15 bits per heavy atom. The van der Waals surface area contributed by atoms with Crippen LogP contribution in [0.1, 0.15) is 24.2 Å². The van der Waals surface area contributed by atoms with Gasteiger partial charge in [-0.1, -0.05) is 12.1 Å². The molecule has 146 valence electrons. The lowest BCUT2D eigenvalue weighted by atomic mass is 9.96. The standard InChI is InChI=1S/C21H29N3O3/c1-23(2)12-15-13-24(10-11-26-14-15)21(25)22-18-8-5-7-17-16-6-3-4-9-19(16)27-20(17)18/h5,7-8,15H,3-4,6,9-14H2,1-2H3,(H,22,25). The first-order chi connectivity index (χ1) is 13.1. The first-order valence-electron chi connectivity index (χ1n) is 9.93. The van der Waals surface area contributed by atoms with Crippen molar-refractivity contribution in [3.05, 3.63) is 29.5 Å². The number of anilines is 1. The Morgan fingerprint density at radius 3 is 3.00 bits per heavy atom. The highest BCUT2D eigenvalue weighted by Crippen LogP contribution is 2.35. The van der Waals surface area contributed by atoms with E-state index in [0.29, 0.717) is 32.2 Å². The van der Waals surface area contributed by atoms with E-state index in [0.717, 1.165) is 41.8 Å². The van der Waals surface area contributed by atoms with E-state index < -0.39 is 0 Å². The van der Waals surface area contributed by atoms with Gasteiger partial charge in [-0.2, -0.15) is 0 Å². The van der Waals surface area contributed by atoms with Crippen LogP contribution in [0.5, 0.6) is 0 Å². The molecule has 0 bridgehead atoms. The monoisotopic (exact) mass is 371 g/mol. The predicted octanol–water partition coefficient (Wildman–Crippen LogP) is 3.35. The number of amides is 2. The van der Waals surface area contributed by atoms with Crippen LogP contribution in [0.4, 0.5) is 10.5 Å². The molecule has 27 heavy (non-hydrogen) atoms. The van der Waals surface area contributed by atoms with Crippen molar-refractivity contribution in [2.45, 2.75) is 25.7 Å². The van der Waals surface area contributed by atoms with Crippen LogP contribution < -0.4 is 5.32 Å². The average molecular weight is 371 g/mol. The molecule has 4 rings (SSSR count). The van der Waals surface area contributed by atoms with Gasteiger partial charge in [-0.15, -0.1) is 0 Å².